The maximum Gasteiger partial charge on any atom is 0.254 e. The van der Waals surface area contributed by atoms with Gasteiger partial charge in [0.15, 0.2) is 11.5 Å². The van der Waals surface area contributed by atoms with E-state index < -0.39 is 10.0 Å². The Morgan fingerprint density at radius 1 is 0.931 bits per heavy atom. The van der Waals surface area contributed by atoms with Gasteiger partial charge in [-0.05, 0) is 36.4 Å². The van der Waals surface area contributed by atoms with Gasteiger partial charge in [-0.3, -0.25) is 4.79 Å². The molecule has 2 aliphatic heterocycles. The van der Waals surface area contributed by atoms with Crippen LogP contribution in [0.5, 0.6) is 11.5 Å². The second-order valence-corrected chi connectivity index (χ2v) is 9.72. The lowest BCUT2D eigenvalue weighted by Crippen LogP contribution is -2.50. The van der Waals surface area contributed by atoms with Crippen molar-refractivity contribution in [1.82, 2.24) is 9.21 Å². The zero-order valence-electron chi connectivity index (χ0n) is 15.7. The predicted octanol–water partition coefficient (Wildman–Crippen LogP) is 2.76. The van der Waals surface area contributed by atoms with Crippen molar-refractivity contribution in [3.63, 3.8) is 0 Å². The Kier molecular flexibility index (Phi) is 5.80. The predicted molar refractivity (Wildman–Crippen MR) is 111 cm³/mol. The molecule has 1 fully saturated rings. The molecule has 2 aromatic carbocycles. The summed E-state index contributed by atoms with van der Waals surface area (Å²) in [4.78, 5) is 14.8. The van der Waals surface area contributed by atoms with Crippen LogP contribution in [0.4, 0.5) is 0 Å². The maximum atomic E-state index is 12.9. The summed E-state index contributed by atoms with van der Waals surface area (Å²) < 4.78 is 39.1. The van der Waals surface area contributed by atoms with Crippen molar-refractivity contribution in [3.05, 3.63) is 52.5 Å². The molecule has 154 valence electrons. The van der Waals surface area contributed by atoms with Crippen LogP contribution in [-0.4, -0.2) is 62.9 Å². The summed E-state index contributed by atoms with van der Waals surface area (Å²) >= 11 is 3.31. The fraction of sp³-hybridized carbons (Fsp3) is 0.350. The van der Waals surface area contributed by atoms with E-state index in [2.05, 4.69) is 15.9 Å². The van der Waals surface area contributed by atoms with Crippen molar-refractivity contribution < 1.29 is 22.7 Å². The number of fused-ring (bicyclic) bond motifs is 1. The Bertz CT molecular complexity index is 1020. The third kappa shape index (κ3) is 4.26. The number of halogens is 1. The first-order chi connectivity index (χ1) is 13.9. The SMILES string of the molecule is O=C(c1ccc2c(c1)OCCCO2)N1CCN(S(=O)(=O)c2cccc(Br)c2)CC1. The fourth-order valence-corrected chi connectivity index (χ4v) is 5.41. The van der Waals surface area contributed by atoms with E-state index in [0.29, 0.717) is 47.8 Å². The topological polar surface area (TPSA) is 76.2 Å². The standard InChI is InChI=1S/C20H21BrN2O5S/c21-16-3-1-4-17(14-16)29(25,26)23-9-7-22(8-10-23)20(24)15-5-6-18-19(13-15)28-12-2-11-27-18/h1,3-6,13-14H,2,7-12H2. The minimum atomic E-state index is -3.59. The number of hydrogen-bond donors (Lipinski definition) is 0. The number of hydrogen-bond acceptors (Lipinski definition) is 5. The number of carbonyl (C=O) groups excluding carboxylic acids is 1. The van der Waals surface area contributed by atoms with Gasteiger partial charge in [-0.2, -0.15) is 4.31 Å². The van der Waals surface area contributed by atoms with Gasteiger partial charge in [-0.15, -0.1) is 0 Å². The number of sulfonamides is 1. The second-order valence-electron chi connectivity index (χ2n) is 6.87. The lowest BCUT2D eigenvalue weighted by molar-refractivity contribution is 0.0697. The third-order valence-corrected chi connectivity index (χ3v) is 7.34. The molecule has 0 aromatic heterocycles. The average molecular weight is 481 g/mol. The van der Waals surface area contributed by atoms with Gasteiger partial charge in [0.1, 0.15) is 0 Å². The molecule has 2 aliphatic rings. The molecule has 1 amide bonds. The highest BCUT2D eigenvalue weighted by molar-refractivity contribution is 9.10. The highest BCUT2D eigenvalue weighted by atomic mass is 79.9. The summed E-state index contributed by atoms with van der Waals surface area (Å²) in [6.07, 6.45) is 0.798. The van der Waals surface area contributed by atoms with Crippen LogP contribution in [0.2, 0.25) is 0 Å². The van der Waals surface area contributed by atoms with Gasteiger partial charge in [0.05, 0.1) is 18.1 Å². The largest absolute Gasteiger partial charge is 0.490 e. The summed E-state index contributed by atoms with van der Waals surface area (Å²) in [5, 5.41) is 0. The molecule has 0 bridgehead atoms. The quantitative estimate of drug-likeness (QED) is 0.674. The van der Waals surface area contributed by atoms with Crippen LogP contribution in [0.15, 0.2) is 51.8 Å². The van der Waals surface area contributed by atoms with Crippen molar-refractivity contribution in [2.75, 3.05) is 39.4 Å². The number of carbonyl (C=O) groups is 1. The molecule has 7 nitrogen and oxygen atoms in total. The van der Waals surface area contributed by atoms with Crippen LogP contribution < -0.4 is 9.47 Å². The number of rotatable bonds is 3. The van der Waals surface area contributed by atoms with E-state index in [1.54, 1.807) is 47.4 Å². The molecule has 29 heavy (non-hydrogen) atoms. The molecule has 4 rings (SSSR count). The zero-order valence-corrected chi connectivity index (χ0v) is 18.1. The first-order valence-corrected chi connectivity index (χ1v) is 11.6. The molecule has 2 heterocycles. The number of piperazine rings is 1. The van der Waals surface area contributed by atoms with Gasteiger partial charge in [0.25, 0.3) is 5.91 Å². The van der Waals surface area contributed by atoms with Crippen LogP contribution in [0.25, 0.3) is 0 Å². The molecule has 0 unspecified atom stereocenters. The van der Waals surface area contributed by atoms with Gasteiger partial charge >= 0.3 is 0 Å². The Hall–Kier alpha value is -2.10. The lowest BCUT2D eigenvalue weighted by atomic mass is 10.1. The molecule has 2 aromatic rings. The fourth-order valence-electron chi connectivity index (χ4n) is 3.39. The smallest absolute Gasteiger partial charge is 0.254 e. The van der Waals surface area contributed by atoms with Gasteiger partial charge in [0, 0.05) is 42.6 Å². The molecule has 0 atom stereocenters. The summed E-state index contributed by atoms with van der Waals surface area (Å²) in [5.41, 5.74) is 0.512. The van der Waals surface area contributed by atoms with Crippen molar-refractivity contribution in [2.45, 2.75) is 11.3 Å². The van der Waals surface area contributed by atoms with E-state index in [1.165, 1.54) is 4.31 Å². The molecule has 1 saturated heterocycles. The number of amides is 1. The number of ether oxygens (including phenoxy) is 2. The van der Waals surface area contributed by atoms with E-state index in [1.807, 2.05) is 0 Å². The molecule has 0 saturated carbocycles. The van der Waals surface area contributed by atoms with Crippen molar-refractivity contribution >= 4 is 31.9 Å². The van der Waals surface area contributed by atoms with Crippen LogP contribution in [0, 0.1) is 0 Å². The third-order valence-electron chi connectivity index (χ3n) is 4.95. The normalized spacial score (nSPS) is 17.6. The Labute approximate surface area is 178 Å². The highest BCUT2D eigenvalue weighted by Gasteiger charge is 2.30. The lowest BCUT2D eigenvalue weighted by Gasteiger charge is -2.34. The van der Waals surface area contributed by atoms with Crippen LogP contribution in [0.1, 0.15) is 16.8 Å². The van der Waals surface area contributed by atoms with E-state index in [0.717, 1.165) is 6.42 Å². The average Bonchev–Trinajstić information content (AvgIpc) is 2.98. The van der Waals surface area contributed by atoms with Crippen LogP contribution in [0.3, 0.4) is 0 Å². The van der Waals surface area contributed by atoms with Gasteiger partial charge in [-0.1, -0.05) is 22.0 Å². The Morgan fingerprint density at radius 3 is 2.38 bits per heavy atom. The minimum Gasteiger partial charge on any atom is -0.490 e. The number of nitrogens with zero attached hydrogens (tertiary/aromatic N) is 2. The Balaban J connectivity index is 1.44. The molecule has 0 spiro atoms. The molecule has 0 radical (unpaired) electrons. The summed E-state index contributed by atoms with van der Waals surface area (Å²) in [6, 6.07) is 11.8. The molecular weight excluding hydrogens is 460 g/mol. The van der Waals surface area contributed by atoms with Crippen LogP contribution >= 0.6 is 15.9 Å². The highest BCUT2D eigenvalue weighted by Crippen LogP contribution is 2.31. The van der Waals surface area contributed by atoms with Crippen molar-refractivity contribution in [1.29, 1.82) is 0 Å². The number of benzene rings is 2. The zero-order chi connectivity index (χ0) is 20.4. The van der Waals surface area contributed by atoms with Crippen molar-refractivity contribution in [2.24, 2.45) is 0 Å². The Morgan fingerprint density at radius 2 is 1.66 bits per heavy atom. The second kappa shape index (κ2) is 8.33. The van der Waals surface area contributed by atoms with Crippen molar-refractivity contribution in [3.8, 4) is 11.5 Å². The maximum absolute atomic E-state index is 12.9. The van der Waals surface area contributed by atoms with E-state index in [9.17, 15) is 13.2 Å². The molecule has 0 N–H and O–H groups in total. The van der Waals surface area contributed by atoms with E-state index >= 15 is 0 Å². The summed E-state index contributed by atoms with van der Waals surface area (Å²) in [5.74, 6) is 1.08. The first kappa shape index (κ1) is 20.2. The van der Waals surface area contributed by atoms with Gasteiger partial charge in [0.2, 0.25) is 10.0 Å². The van der Waals surface area contributed by atoms with Gasteiger partial charge in [-0.25, -0.2) is 8.42 Å². The van der Waals surface area contributed by atoms with E-state index in [-0.39, 0.29) is 23.9 Å². The van der Waals surface area contributed by atoms with E-state index in [4.69, 9.17) is 9.47 Å². The minimum absolute atomic E-state index is 0.139. The molecule has 0 aliphatic carbocycles. The summed E-state index contributed by atoms with van der Waals surface area (Å²) in [6.45, 7) is 2.32. The monoisotopic (exact) mass is 480 g/mol. The molecular formula is C20H21BrN2O5S. The summed E-state index contributed by atoms with van der Waals surface area (Å²) in [7, 11) is -3.59. The van der Waals surface area contributed by atoms with Crippen LogP contribution in [-0.2, 0) is 10.0 Å². The molecule has 9 heteroatoms. The first-order valence-electron chi connectivity index (χ1n) is 9.40. The van der Waals surface area contributed by atoms with Gasteiger partial charge < -0.3 is 14.4 Å².